The van der Waals surface area contributed by atoms with Crippen LogP contribution < -0.4 is 0 Å². The van der Waals surface area contributed by atoms with Gasteiger partial charge in [0, 0.05) is 36.3 Å². The van der Waals surface area contributed by atoms with Gasteiger partial charge in [0.25, 0.3) is 5.91 Å². The number of hydrogen-bond donors (Lipinski definition) is 1. The van der Waals surface area contributed by atoms with Crippen LogP contribution in [0.5, 0.6) is 0 Å². The van der Waals surface area contributed by atoms with Crippen molar-refractivity contribution < 1.29 is 14.7 Å². The van der Waals surface area contributed by atoms with Gasteiger partial charge < -0.3 is 9.67 Å². The lowest BCUT2D eigenvalue weighted by Gasteiger charge is -2.07. The molecule has 4 aromatic rings. The van der Waals surface area contributed by atoms with Gasteiger partial charge >= 0.3 is 5.97 Å². The summed E-state index contributed by atoms with van der Waals surface area (Å²) in [7, 11) is 1.66. The Hall–Kier alpha value is -3.52. The summed E-state index contributed by atoms with van der Waals surface area (Å²) in [4.78, 5) is 30.8. The normalized spacial score (nSPS) is 16.0. The summed E-state index contributed by atoms with van der Waals surface area (Å²) in [6.07, 6.45) is 3.88. The summed E-state index contributed by atoms with van der Waals surface area (Å²) in [5.41, 5.74) is 3.55. The molecule has 0 spiro atoms. The molecule has 1 fully saturated rings. The number of thioether (sulfide) groups is 1. The van der Waals surface area contributed by atoms with Gasteiger partial charge in [0.1, 0.15) is 0 Å². The van der Waals surface area contributed by atoms with Crippen LogP contribution in [0.2, 0.25) is 10.0 Å². The second-order valence-corrected chi connectivity index (χ2v) is 10.0. The van der Waals surface area contributed by atoms with Gasteiger partial charge in [-0.1, -0.05) is 53.5 Å². The molecule has 6 nitrogen and oxygen atoms in total. The fourth-order valence-corrected chi connectivity index (χ4v) is 5.27. The Bertz CT molecular complexity index is 1590. The molecule has 1 amide bonds. The molecule has 0 aliphatic carbocycles. The molecule has 1 aliphatic heterocycles. The molecular formula is C27H19Cl2N3O3S. The minimum atomic E-state index is -1.03. The van der Waals surface area contributed by atoms with E-state index in [4.69, 9.17) is 23.2 Å². The smallest absolute Gasteiger partial charge is 0.335 e. The number of hydrogen-bond acceptors (Lipinski definition) is 4. The van der Waals surface area contributed by atoms with Gasteiger partial charge in [-0.2, -0.15) is 0 Å². The first kappa shape index (κ1) is 24.2. The number of carboxylic acids is 1. The first-order chi connectivity index (χ1) is 17.3. The third kappa shape index (κ3) is 4.78. The Kier molecular flexibility index (Phi) is 6.62. The zero-order chi connectivity index (χ0) is 25.4. The van der Waals surface area contributed by atoms with Crippen LogP contribution in [0.3, 0.4) is 0 Å². The molecule has 1 aliphatic rings. The van der Waals surface area contributed by atoms with Crippen LogP contribution in [0.15, 0.2) is 82.8 Å². The number of aromatic carboxylic acids is 1. The molecule has 0 atom stereocenters. The second-order valence-electron chi connectivity index (χ2n) is 8.20. The van der Waals surface area contributed by atoms with Gasteiger partial charge in [0.2, 0.25) is 0 Å². The topological polar surface area (TPSA) is 74.9 Å². The van der Waals surface area contributed by atoms with Crippen LogP contribution in [-0.2, 0) is 11.3 Å². The van der Waals surface area contributed by atoms with E-state index in [0.29, 0.717) is 32.4 Å². The maximum Gasteiger partial charge on any atom is 0.335 e. The van der Waals surface area contributed by atoms with Crippen molar-refractivity contribution in [2.75, 3.05) is 7.05 Å². The van der Waals surface area contributed by atoms with Crippen LogP contribution in [-0.4, -0.2) is 38.7 Å². The lowest BCUT2D eigenvalue weighted by Crippen LogP contribution is -2.23. The molecular weight excluding hydrogens is 517 g/mol. The third-order valence-corrected chi connectivity index (χ3v) is 7.56. The number of aromatic nitrogens is 1. The molecule has 1 aromatic heterocycles. The molecule has 0 saturated carbocycles. The van der Waals surface area contributed by atoms with E-state index in [0.717, 1.165) is 22.0 Å². The van der Waals surface area contributed by atoms with Crippen molar-refractivity contribution >= 4 is 74.7 Å². The molecule has 36 heavy (non-hydrogen) atoms. The van der Waals surface area contributed by atoms with Crippen LogP contribution in [0, 0.1) is 0 Å². The number of likely N-dealkylation sites (N-methyl/N-ethyl adjacent to an activating group) is 1. The van der Waals surface area contributed by atoms with E-state index in [-0.39, 0.29) is 11.5 Å². The predicted molar refractivity (Wildman–Crippen MR) is 146 cm³/mol. The Balaban J connectivity index is 1.49. The highest BCUT2D eigenvalue weighted by atomic mass is 35.5. The summed E-state index contributed by atoms with van der Waals surface area (Å²) in [6.45, 7) is 0.591. The number of fused-ring (bicyclic) bond motifs is 1. The van der Waals surface area contributed by atoms with Gasteiger partial charge in [-0.15, -0.1) is 0 Å². The highest BCUT2D eigenvalue weighted by molar-refractivity contribution is 8.18. The zero-order valence-electron chi connectivity index (χ0n) is 19.0. The van der Waals surface area contributed by atoms with Crippen molar-refractivity contribution in [3.63, 3.8) is 0 Å². The number of carbonyl (C=O) groups excluding carboxylic acids is 1. The molecule has 2 heterocycles. The summed E-state index contributed by atoms with van der Waals surface area (Å²) >= 11 is 13.5. The minimum absolute atomic E-state index is 0.138. The third-order valence-electron chi connectivity index (χ3n) is 5.76. The number of amidine groups is 1. The van der Waals surface area contributed by atoms with Crippen LogP contribution in [0.25, 0.3) is 17.0 Å². The van der Waals surface area contributed by atoms with Crippen molar-refractivity contribution in [2.45, 2.75) is 6.54 Å². The average molecular weight is 536 g/mol. The largest absolute Gasteiger partial charge is 0.478 e. The van der Waals surface area contributed by atoms with Crippen molar-refractivity contribution in [1.29, 1.82) is 0 Å². The number of amides is 1. The average Bonchev–Trinajstić information content (AvgIpc) is 3.34. The van der Waals surface area contributed by atoms with E-state index in [1.807, 2.05) is 48.7 Å². The first-order valence-electron chi connectivity index (χ1n) is 10.9. The number of carbonyl (C=O) groups is 2. The zero-order valence-corrected chi connectivity index (χ0v) is 21.3. The Morgan fingerprint density at radius 3 is 2.64 bits per heavy atom. The summed E-state index contributed by atoms with van der Waals surface area (Å²) < 4.78 is 2.11. The summed E-state index contributed by atoms with van der Waals surface area (Å²) in [5, 5.41) is 11.7. The second kappa shape index (κ2) is 9.85. The molecule has 180 valence electrons. The Morgan fingerprint density at radius 2 is 1.86 bits per heavy atom. The fourth-order valence-electron chi connectivity index (χ4n) is 3.97. The van der Waals surface area contributed by atoms with Crippen LogP contribution >= 0.6 is 35.0 Å². The van der Waals surface area contributed by atoms with E-state index >= 15 is 0 Å². The summed E-state index contributed by atoms with van der Waals surface area (Å²) in [6, 6.07) is 19.9. The van der Waals surface area contributed by atoms with Gasteiger partial charge in [0.05, 0.1) is 26.2 Å². The lowest BCUT2D eigenvalue weighted by molar-refractivity contribution is -0.121. The number of aliphatic imine (C=N–C) groups is 1. The van der Waals surface area contributed by atoms with Gasteiger partial charge in [0.15, 0.2) is 5.17 Å². The van der Waals surface area contributed by atoms with Gasteiger partial charge in [-0.25, -0.2) is 9.79 Å². The molecule has 1 saturated heterocycles. The molecule has 0 radical (unpaired) electrons. The molecule has 3 aromatic carbocycles. The van der Waals surface area contributed by atoms with Crippen LogP contribution in [0.4, 0.5) is 5.69 Å². The van der Waals surface area contributed by atoms with E-state index in [1.165, 1.54) is 28.8 Å². The number of halogens is 2. The summed E-state index contributed by atoms with van der Waals surface area (Å²) in [5.74, 6) is -1.20. The Labute approximate surface area is 221 Å². The van der Waals surface area contributed by atoms with E-state index in [1.54, 1.807) is 25.2 Å². The highest BCUT2D eigenvalue weighted by Gasteiger charge is 2.30. The SMILES string of the molecule is CN1C(=O)/C(=C\c2cn(Cc3ccc(Cl)c(Cl)c3)c3ccccc23)SC1=Nc1cccc(C(=O)O)c1. The van der Waals surface area contributed by atoms with E-state index < -0.39 is 5.97 Å². The monoisotopic (exact) mass is 535 g/mol. The maximum atomic E-state index is 13.0. The highest BCUT2D eigenvalue weighted by Crippen LogP contribution is 2.35. The molecule has 9 heteroatoms. The van der Waals surface area contributed by atoms with Crippen LogP contribution in [0.1, 0.15) is 21.5 Å². The Morgan fingerprint density at radius 1 is 1.06 bits per heavy atom. The van der Waals surface area contributed by atoms with E-state index in [9.17, 15) is 14.7 Å². The molecule has 0 bridgehead atoms. The van der Waals surface area contributed by atoms with Crippen molar-refractivity contribution in [3.05, 3.63) is 105 Å². The van der Waals surface area contributed by atoms with Crippen molar-refractivity contribution in [1.82, 2.24) is 9.47 Å². The minimum Gasteiger partial charge on any atom is -0.478 e. The number of rotatable bonds is 5. The number of benzene rings is 3. The van der Waals surface area contributed by atoms with E-state index in [2.05, 4.69) is 9.56 Å². The quantitative estimate of drug-likeness (QED) is 0.281. The van der Waals surface area contributed by atoms with Gasteiger partial charge in [-0.05, 0) is 59.8 Å². The first-order valence-corrected chi connectivity index (χ1v) is 12.5. The number of para-hydroxylation sites is 1. The molecule has 5 rings (SSSR count). The fraction of sp³-hybridized carbons (Fsp3) is 0.0741. The molecule has 1 N–H and O–H groups in total. The standard InChI is InChI=1S/C27H19Cl2N3O3S/c1-31-25(33)24(36-27(31)30-19-6-4-5-17(12-19)26(34)35)13-18-15-32(23-8-3-2-7-20(18)23)14-16-9-10-21(28)22(29)11-16/h2-13,15H,14H2,1H3,(H,34,35)/b24-13+,30-27?. The molecule has 0 unspecified atom stereocenters. The lowest BCUT2D eigenvalue weighted by atomic mass is 10.1. The number of carboxylic acid groups (broad SMARTS) is 1. The predicted octanol–water partition coefficient (Wildman–Crippen LogP) is 6.93. The van der Waals surface area contributed by atoms with Crippen molar-refractivity contribution in [3.8, 4) is 0 Å². The van der Waals surface area contributed by atoms with Gasteiger partial charge in [-0.3, -0.25) is 9.69 Å². The number of nitrogens with zero attached hydrogens (tertiary/aromatic N) is 3. The van der Waals surface area contributed by atoms with Crippen molar-refractivity contribution in [2.24, 2.45) is 4.99 Å². The maximum absolute atomic E-state index is 13.0.